The summed E-state index contributed by atoms with van der Waals surface area (Å²) < 4.78 is 7.90. The van der Waals surface area contributed by atoms with E-state index in [1.54, 1.807) is 28.4 Å². The van der Waals surface area contributed by atoms with E-state index < -0.39 is 5.63 Å². The third-order valence-corrected chi connectivity index (χ3v) is 6.18. The second-order valence-corrected chi connectivity index (χ2v) is 8.76. The topological polar surface area (TPSA) is 78.0 Å². The summed E-state index contributed by atoms with van der Waals surface area (Å²) in [6, 6.07) is 15.0. The van der Waals surface area contributed by atoms with Gasteiger partial charge in [0.1, 0.15) is 11.3 Å². The number of nitrogens with zero attached hydrogens (tertiary/aromatic N) is 3. The van der Waals surface area contributed by atoms with Crippen molar-refractivity contribution in [2.75, 3.05) is 0 Å². The van der Waals surface area contributed by atoms with Gasteiger partial charge in [-0.25, -0.2) is 14.5 Å². The van der Waals surface area contributed by atoms with Gasteiger partial charge in [-0.3, -0.25) is 4.79 Å². The van der Waals surface area contributed by atoms with Crippen LogP contribution in [-0.2, 0) is 0 Å². The molecule has 6 nitrogen and oxygen atoms in total. The molecular weight excluding hydrogens is 478 g/mol. The van der Waals surface area contributed by atoms with Crippen LogP contribution >= 0.6 is 27.3 Å². The number of thiazole rings is 1. The first kappa shape index (κ1) is 19.6. The van der Waals surface area contributed by atoms with Crippen LogP contribution < -0.4 is 5.63 Å². The van der Waals surface area contributed by atoms with Crippen LogP contribution in [0.3, 0.4) is 0 Å². The van der Waals surface area contributed by atoms with Gasteiger partial charge in [-0.05, 0) is 31.2 Å². The van der Waals surface area contributed by atoms with E-state index in [4.69, 9.17) is 4.42 Å². The molecule has 0 radical (unpaired) electrons. The Labute approximate surface area is 188 Å². The molecule has 3 heterocycles. The number of fused-ring (bicyclic) bond motifs is 1. The zero-order chi connectivity index (χ0) is 21.5. The van der Waals surface area contributed by atoms with E-state index in [1.807, 2.05) is 43.3 Å². The highest BCUT2D eigenvalue weighted by Gasteiger charge is 2.16. The quantitative estimate of drug-likeness (QED) is 0.239. The van der Waals surface area contributed by atoms with Crippen LogP contribution in [0.1, 0.15) is 15.9 Å². The van der Waals surface area contributed by atoms with E-state index in [-0.39, 0.29) is 0 Å². The minimum absolute atomic E-state index is 0.370. The van der Waals surface area contributed by atoms with Crippen molar-refractivity contribution in [1.29, 1.82) is 0 Å². The molecule has 2 aromatic carbocycles. The fourth-order valence-corrected chi connectivity index (χ4v) is 4.40. The highest BCUT2D eigenvalue weighted by atomic mass is 79.9. The summed E-state index contributed by atoms with van der Waals surface area (Å²) in [4.78, 5) is 28.7. The number of halogens is 1. The van der Waals surface area contributed by atoms with Gasteiger partial charge in [0.25, 0.3) is 0 Å². The van der Waals surface area contributed by atoms with Crippen molar-refractivity contribution in [2.45, 2.75) is 6.92 Å². The lowest BCUT2D eigenvalue weighted by Crippen LogP contribution is -2.03. The van der Waals surface area contributed by atoms with Crippen LogP contribution in [0.25, 0.3) is 38.6 Å². The molecule has 0 N–H and O–H groups in total. The van der Waals surface area contributed by atoms with Crippen molar-refractivity contribution >= 4 is 44.5 Å². The lowest BCUT2D eigenvalue weighted by molar-refractivity contribution is 0.112. The van der Waals surface area contributed by atoms with Gasteiger partial charge in [-0.2, -0.15) is 5.10 Å². The molecule has 0 aliphatic heterocycles. The lowest BCUT2D eigenvalue weighted by atomic mass is 10.1. The molecule has 31 heavy (non-hydrogen) atoms. The number of aryl methyl sites for hydroxylation is 1. The molecule has 152 valence electrons. The summed E-state index contributed by atoms with van der Waals surface area (Å²) >= 11 is 4.76. The second kappa shape index (κ2) is 7.72. The van der Waals surface area contributed by atoms with E-state index in [0.717, 1.165) is 27.3 Å². The van der Waals surface area contributed by atoms with Crippen LogP contribution in [0.4, 0.5) is 0 Å². The molecule has 0 saturated heterocycles. The highest BCUT2D eigenvalue weighted by Crippen LogP contribution is 2.28. The molecule has 0 unspecified atom stereocenters. The SMILES string of the molecule is Cc1ccc(-c2nn(-c3nc(-c4cc5cc(Br)ccc5oc4=O)cs3)cc2C=O)cc1. The predicted octanol–water partition coefficient (Wildman–Crippen LogP) is 5.65. The number of rotatable bonds is 4. The van der Waals surface area contributed by atoms with Crippen molar-refractivity contribution in [3.8, 4) is 27.6 Å². The van der Waals surface area contributed by atoms with Crippen LogP contribution in [0.2, 0.25) is 0 Å². The first-order valence-electron chi connectivity index (χ1n) is 9.33. The number of hydrogen-bond acceptors (Lipinski definition) is 6. The third-order valence-electron chi connectivity index (χ3n) is 4.85. The first-order chi connectivity index (χ1) is 15.0. The maximum absolute atomic E-state index is 12.5. The zero-order valence-corrected chi connectivity index (χ0v) is 18.6. The normalized spacial score (nSPS) is 11.2. The van der Waals surface area contributed by atoms with Crippen molar-refractivity contribution in [1.82, 2.24) is 14.8 Å². The van der Waals surface area contributed by atoms with Gasteiger partial charge in [-0.15, -0.1) is 11.3 Å². The van der Waals surface area contributed by atoms with Gasteiger partial charge in [-0.1, -0.05) is 45.8 Å². The Morgan fingerprint density at radius 3 is 2.71 bits per heavy atom. The van der Waals surface area contributed by atoms with Crippen molar-refractivity contribution in [2.24, 2.45) is 0 Å². The molecule has 0 atom stereocenters. The monoisotopic (exact) mass is 491 g/mol. The Kier molecular flexibility index (Phi) is 4.88. The number of aldehydes is 1. The number of carbonyl (C=O) groups excluding carboxylic acids is 1. The number of benzene rings is 2. The maximum Gasteiger partial charge on any atom is 0.345 e. The predicted molar refractivity (Wildman–Crippen MR) is 124 cm³/mol. The Morgan fingerprint density at radius 2 is 1.94 bits per heavy atom. The number of hydrogen-bond donors (Lipinski definition) is 0. The molecule has 5 rings (SSSR count). The van der Waals surface area contributed by atoms with Gasteiger partial charge in [0, 0.05) is 27.0 Å². The van der Waals surface area contributed by atoms with Gasteiger partial charge < -0.3 is 4.42 Å². The Hall–Kier alpha value is -3.36. The van der Waals surface area contributed by atoms with E-state index in [1.165, 1.54) is 11.3 Å². The average Bonchev–Trinajstić information content (AvgIpc) is 3.41. The summed E-state index contributed by atoms with van der Waals surface area (Å²) in [5.74, 6) is 0. The largest absolute Gasteiger partial charge is 0.422 e. The van der Waals surface area contributed by atoms with Gasteiger partial charge in [0.05, 0.1) is 16.8 Å². The minimum atomic E-state index is -0.457. The van der Waals surface area contributed by atoms with E-state index in [9.17, 15) is 9.59 Å². The summed E-state index contributed by atoms with van der Waals surface area (Å²) in [6.45, 7) is 2.00. The molecule has 8 heteroatoms. The summed E-state index contributed by atoms with van der Waals surface area (Å²) in [7, 11) is 0. The maximum atomic E-state index is 12.5. The van der Waals surface area contributed by atoms with Crippen LogP contribution in [-0.4, -0.2) is 21.1 Å². The van der Waals surface area contributed by atoms with Gasteiger partial charge >= 0.3 is 5.63 Å². The average molecular weight is 492 g/mol. The fraction of sp³-hybridized carbons (Fsp3) is 0.0435. The lowest BCUT2D eigenvalue weighted by Gasteiger charge is -2.00. The molecular formula is C23H14BrN3O3S. The van der Waals surface area contributed by atoms with Crippen molar-refractivity contribution in [3.63, 3.8) is 0 Å². The van der Waals surface area contributed by atoms with Crippen LogP contribution in [0, 0.1) is 6.92 Å². The number of carbonyl (C=O) groups is 1. The summed E-state index contributed by atoms with van der Waals surface area (Å²) in [6.07, 6.45) is 2.42. The number of aromatic nitrogens is 3. The summed E-state index contributed by atoms with van der Waals surface area (Å²) in [5, 5.41) is 7.69. The Bertz CT molecular complexity index is 1500. The molecule has 0 amide bonds. The third kappa shape index (κ3) is 3.64. The zero-order valence-electron chi connectivity index (χ0n) is 16.2. The molecule has 0 fully saturated rings. The molecule has 0 aliphatic rings. The minimum Gasteiger partial charge on any atom is -0.422 e. The van der Waals surface area contributed by atoms with E-state index in [0.29, 0.717) is 33.2 Å². The van der Waals surface area contributed by atoms with Crippen molar-refractivity contribution in [3.05, 3.63) is 86.1 Å². The van der Waals surface area contributed by atoms with Crippen LogP contribution in [0.15, 0.2) is 73.8 Å². The summed E-state index contributed by atoms with van der Waals surface area (Å²) in [5.41, 5.74) is 3.95. The van der Waals surface area contributed by atoms with E-state index >= 15 is 0 Å². The second-order valence-electron chi connectivity index (χ2n) is 7.01. The molecule has 0 saturated carbocycles. The first-order valence-corrected chi connectivity index (χ1v) is 11.0. The van der Waals surface area contributed by atoms with Gasteiger partial charge in [0.2, 0.25) is 5.13 Å². The molecule has 0 bridgehead atoms. The highest BCUT2D eigenvalue weighted by molar-refractivity contribution is 9.10. The smallest absolute Gasteiger partial charge is 0.345 e. The van der Waals surface area contributed by atoms with Crippen LogP contribution in [0.5, 0.6) is 0 Å². The molecule has 0 aliphatic carbocycles. The Balaban J connectivity index is 1.56. The van der Waals surface area contributed by atoms with Gasteiger partial charge in [0.15, 0.2) is 6.29 Å². The van der Waals surface area contributed by atoms with E-state index in [2.05, 4.69) is 26.0 Å². The van der Waals surface area contributed by atoms with Crippen molar-refractivity contribution < 1.29 is 9.21 Å². The fourth-order valence-electron chi connectivity index (χ4n) is 3.27. The standard InChI is InChI=1S/C23H14BrN3O3S/c1-13-2-4-14(5-3-13)21-16(11-28)10-27(26-21)23-25-19(12-31-23)18-9-15-8-17(24)6-7-20(15)30-22(18)29/h2-12H,1H3. The molecule has 3 aromatic heterocycles. The molecule has 0 spiro atoms. The Morgan fingerprint density at radius 1 is 1.13 bits per heavy atom. The molecule has 5 aromatic rings.